The Morgan fingerprint density at radius 3 is 1.17 bits per heavy atom. The molecule has 94 valence electrons. The van der Waals surface area contributed by atoms with Gasteiger partial charge in [0.25, 0.3) is 0 Å². The molecule has 0 aliphatic carbocycles. The summed E-state index contributed by atoms with van der Waals surface area (Å²) in [5.74, 6) is 0. The Morgan fingerprint density at radius 1 is 0.833 bits per heavy atom. The molecule has 0 aromatic heterocycles. The van der Waals surface area contributed by atoms with Crippen molar-refractivity contribution in [3.8, 4) is 0 Å². The van der Waals surface area contributed by atoms with E-state index >= 15 is 0 Å². The molecule has 0 N–H and O–H groups in total. The average Bonchev–Trinajstić information content (AvgIpc) is 2.53. The first-order valence-electron chi connectivity index (χ1n) is 5.72. The molecular weight excluding hydrogens is 275 g/mol. The van der Waals surface area contributed by atoms with Crippen LogP contribution >= 0.6 is 9.30 Å². The maximum atomic E-state index is 4.64. The molecule has 0 amide bonds. The van der Waals surface area contributed by atoms with Crippen molar-refractivity contribution >= 4 is 9.30 Å². The van der Waals surface area contributed by atoms with Crippen LogP contribution < -0.4 is 0 Å². The van der Waals surface area contributed by atoms with Crippen molar-refractivity contribution in [2.75, 3.05) is 0 Å². The van der Waals surface area contributed by atoms with E-state index in [-0.39, 0.29) is 0 Å². The summed E-state index contributed by atoms with van der Waals surface area (Å²) in [5.41, 5.74) is 0. The summed E-state index contributed by atoms with van der Waals surface area (Å²) in [5, 5.41) is 0. The van der Waals surface area contributed by atoms with E-state index in [2.05, 4.69) is 35.3 Å². The molecule has 2 aromatic rings. The second kappa shape index (κ2) is 21.7. The second-order valence-electron chi connectivity index (χ2n) is 3.01. The van der Waals surface area contributed by atoms with Crippen LogP contribution in [0.2, 0.25) is 0 Å². The van der Waals surface area contributed by atoms with Gasteiger partial charge >= 0.3 is 28.7 Å². The molecule has 2 heteroatoms. The van der Waals surface area contributed by atoms with E-state index in [9.17, 15) is 0 Å². The minimum atomic E-state index is 1.07. The van der Waals surface area contributed by atoms with Gasteiger partial charge < -0.3 is 6.92 Å². The van der Waals surface area contributed by atoms with E-state index in [0.29, 0.717) is 0 Å². The Kier molecular flexibility index (Phi) is 23.8. The summed E-state index contributed by atoms with van der Waals surface area (Å²) in [6.07, 6.45) is 2.28. The van der Waals surface area contributed by atoms with Crippen molar-refractivity contribution in [3.05, 3.63) is 79.7 Å². The third kappa shape index (κ3) is 20.8. The molecule has 2 rings (SSSR count). The monoisotopic (exact) mass is 294 g/mol. The fraction of sp³-hybridized carbons (Fsp3) is 0.188. The van der Waals surface area contributed by atoms with Crippen molar-refractivity contribution < 1.29 is 19.4 Å². The van der Waals surface area contributed by atoms with E-state index in [1.54, 1.807) is 0 Å². The summed E-state index contributed by atoms with van der Waals surface area (Å²) < 4.78 is 0. The van der Waals surface area contributed by atoms with Crippen LogP contribution in [0.5, 0.6) is 0 Å². The molecule has 0 spiro atoms. The van der Waals surface area contributed by atoms with Gasteiger partial charge in [-0.25, -0.2) is 0 Å². The Hall–Kier alpha value is -0.556. The zero-order valence-electron chi connectivity index (χ0n) is 10.8. The van der Waals surface area contributed by atoms with Crippen molar-refractivity contribution in [1.82, 2.24) is 0 Å². The molecule has 0 unspecified atom stereocenters. The van der Waals surface area contributed by atoms with Crippen LogP contribution in [0.25, 0.3) is 0 Å². The quantitative estimate of drug-likeness (QED) is 0.496. The summed E-state index contributed by atoms with van der Waals surface area (Å²) in [6, 6.07) is 25.0. The van der Waals surface area contributed by atoms with Crippen LogP contribution in [-0.4, -0.2) is 0 Å². The fourth-order valence-corrected chi connectivity index (χ4v) is 0.684. The molecule has 0 bridgehead atoms. The van der Waals surface area contributed by atoms with Crippen molar-refractivity contribution in [2.45, 2.75) is 19.8 Å². The molecule has 0 fully saturated rings. The van der Waals surface area contributed by atoms with Crippen LogP contribution in [0.4, 0.5) is 0 Å². The van der Waals surface area contributed by atoms with Gasteiger partial charge in [0.1, 0.15) is 0 Å². The van der Waals surface area contributed by atoms with E-state index < -0.39 is 0 Å². The Bertz CT molecular complexity index is 210. The van der Waals surface area contributed by atoms with Gasteiger partial charge in [-0.1, -0.05) is 13.3 Å². The van der Waals surface area contributed by atoms with E-state index in [4.69, 9.17) is 0 Å². The van der Waals surface area contributed by atoms with E-state index in [1.807, 2.05) is 60.7 Å². The average molecular weight is 295 g/mol. The minimum absolute atomic E-state index is 1.07. The summed E-state index contributed by atoms with van der Waals surface area (Å²) in [7, 11) is 4.64. The maximum absolute atomic E-state index is 4.64. The summed E-state index contributed by atoms with van der Waals surface area (Å²) >= 11 is 1.47. The summed E-state index contributed by atoms with van der Waals surface area (Å²) in [6.45, 7) is 5.72. The second-order valence-corrected chi connectivity index (χ2v) is 3.01. The van der Waals surface area contributed by atoms with Crippen molar-refractivity contribution in [1.29, 1.82) is 0 Å². The molecule has 0 saturated carbocycles. The molecule has 0 heterocycles. The molecular formula is C16H19ClTi. The maximum Gasteiger partial charge on any atom is -0.171 e. The predicted octanol–water partition coefficient (Wildman–Crippen LogP) is 5.28. The molecule has 18 heavy (non-hydrogen) atoms. The van der Waals surface area contributed by atoms with Crippen LogP contribution in [0, 0.1) is 19.1 Å². The van der Waals surface area contributed by atoms with Gasteiger partial charge in [-0.05, 0) is 0 Å². The molecule has 0 nitrogen and oxygen atoms in total. The van der Waals surface area contributed by atoms with E-state index in [0.717, 1.165) is 6.42 Å². The van der Waals surface area contributed by atoms with Gasteiger partial charge in [-0.15, -0.1) is 0 Å². The third-order valence-electron chi connectivity index (χ3n) is 1.57. The SMILES string of the molecule is [CH2-]CCC.[Cl][Ti+3].[c-]1ccccc1.[c-]1ccccc1. The molecule has 0 atom stereocenters. The number of hydrogen-bond acceptors (Lipinski definition) is 0. The van der Waals surface area contributed by atoms with Crippen LogP contribution in [0.3, 0.4) is 0 Å². The van der Waals surface area contributed by atoms with Crippen LogP contribution in [-0.2, 0) is 19.4 Å². The van der Waals surface area contributed by atoms with Gasteiger partial charge in [-0.2, -0.15) is 79.2 Å². The zero-order chi connectivity index (χ0) is 13.9. The largest absolute Gasteiger partial charge is 0.184 e. The first-order valence-corrected chi connectivity index (χ1v) is 7.87. The fourth-order valence-electron chi connectivity index (χ4n) is 0.684. The van der Waals surface area contributed by atoms with Crippen LogP contribution in [0.15, 0.2) is 60.7 Å². The van der Waals surface area contributed by atoms with Crippen molar-refractivity contribution in [3.63, 3.8) is 0 Å². The Morgan fingerprint density at radius 2 is 1.11 bits per heavy atom. The topological polar surface area (TPSA) is 0 Å². The molecule has 0 radical (unpaired) electrons. The number of halogens is 1. The molecule has 0 aliphatic rings. The van der Waals surface area contributed by atoms with E-state index in [1.165, 1.54) is 25.8 Å². The number of benzene rings is 2. The van der Waals surface area contributed by atoms with Gasteiger partial charge in [0.2, 0.25) is 0 Å². The normalized spacial score (nSPS) is 7.39. The number of hydrogen-bond donors (Lipinski definition) is 0. The Labute approximate surface area is 128 Å². The summed E-state index contributed by atoms with van der Waals surface area (Å²) in [4.78, 5) is 0. The molecule has 0 aliphatic heterocycles. The van der Waals surface area contributed by atoms with Gasteiger partial charge in [0.05, 0.1) is 0 Å². The number of unbranched alkanes of at least 4 members (excludes halogenated alkanes) is 1. The third-order valence-corrected chi connectivity index (χ3v) is 1.57. The van der Waals surface area contributed by atoms with Gasteiger partial charge in [0, 0.05) is 0 Å². The first-order chi connectivity index (χ1) is 8.91. The molecule has 0 saturated heterocycles. The van der Waals surface area contributed by atoms with Crippen molar-refractivity contribution in [2.24, 2.45) is 0 Å². The van der Waals surface area contributed by atoms with Gasteiger partial charge in [0.15, 0.2) is 0 Å². The molecule has 2 aromatic carbocycles. The number of rotatable bonds is 1. The standard InChI is InChI=1S/2C6H5.C4H9.ClH.Ti/c2*1-2-4-6-5-3-1;1-3-4-2;;/h2*1-5H;1,3-4H2,2H3;1H;/q3*-1;;+4/p-1. The smallest absolute Gasteiger partial charge is 0.171 e. The van der Waals surface area contributed by atoms with Crippen LogP contribution in [0.1, 0.15) is 19.8 Å². The predicted molar refractivity (Wildman–Crippen MR) is 76.7 cm³/mol. The Balaban J connectivity index is 0. The first kappa shape index (κ1) is 19.8. The van der Waals surface area contributed by atoms with Gasteiger partial charge in [-0.3, -0.25) is 0 Å². The minimum Gasteiger partial charge on any atom is -0.184 e. The zero-order valence-corrected chi connectivity index (χ0v) is 13.1.